The molecule has 0 heterocycles. The predicted octanol–water partition coefficient (Wildman–Crippen LogP) is 3.05. The summed E-state index contributed by atoms with van der Waals surface area (Å²) in [6, 6.07) is 0. The largest absolute Gasteiger partial charge is 0.349 e. The molecular formula is C17H21NO2. The van der Waals surface area contributed by atoms with E-state index in [1.807, 2.05) is 6.92 Å². The van der Waals surface area contributed by atoms with E-state index in [4.69, 9.17) is 0 Å². The first kappa shape index (κ1) is 17.6. The Morgan fingerprint density at radius 3 is 2.30 bits per heavy atom. The summed E-state index contributed by atoms with van der Waals surface area (Å²) in [4.78, 5) is 23.5. The molecule has 3 heteroatoms. The van der Waals surface area contributed by atoms with E-state index in [1.165, 1.54) is 12.2 Å². The summed E-state index contributed by atoms with van der Waals surface area (Å²) >= 11 is 0. The Morgan fingerprint density at radius 2 is 1.80 bits per heavy atom. The summed E-state index contributed by atoms with van der Waals surface area (Å²) in [5.74, 6) is -0.367. The van der Waals surface area contributed by atoms with Gasteiger partial charge in [0.05, 0.1) is 0 Å². The molecule has 0 fully saturated rings. The first-order chi connectivity index (χ1) is 9.60. The van der Waals surface area contributed by atoms with Crippen LogP contribution in [0, 0.1) is 0 Å². The highest BCUT2D eigenvalue weighted by Crippen LogP contribution is 2.02. The minimum atomic E-state index is -0.253. The molecule has 106 valence electrons. The fraction of sp³-hybridized carbons (Fsp3) is 0.176. The van der Waals surface area contributed by atoms with Crippen LogP contribution in [-0.2, 0) is 9.59 Å². The standard InChI is InChI=1S/C17H21NO2/c1-5-10-14(7-3)16(19)12-9-11-15(8-4)17(20)18-13-6-2/h5-12H,2,4,13H2,1,3H3,(H,18,20)/b10-5-,12-9+,14-7+,15-11+. The zero-order valence-electron chi connectivity index (χ0n) is 12.1. The van der Waals surface area contributed by atoms with Crippen LogP contribution in [0.4, 0.5) is 0 Å². The van der Waals surface area contributed by atoms with Crippen molar-refractivity contribution >= 4 is 11.7 Å². The lowest BCUT2D eigenvalue weighted by Gasteiger charge is -2.01. The van der Waals surface area contributed by atoms with Crippen LogP contribution in [0.15, 0.2) is 72.9 Å². The van der Waals surface area contributed by atoms with Gasteiger partial charge in [-0.05, 0) is 26.0 Å². The molecule has 1 N–H and O–H groups in total. The summed E-state index contributed by atoms with van der Waals surface area (Å²) in [5.41, 5.74) is 0.998. The van der Waals surface area contributed by atoms with Crippen LogP contribution in [0.25, 0.3) is 0 Å². The highest BCUT2D eigenvalue weighted by Gasteiger charge is 2.03. The zero-order valence-corrected chi connectivity index (χ0v) is 12.1. The van der Waals surface area contributed by atoms with Crippen LogP contribution >= 0.6 is 0 Å². The Morgan fingerprint density at radius 1 is 1.10 bits per heavy atom. The summed E-state index contributed by atoms with van der Waals surface area (Å²) in [6.45, 7) is 11.1. The number of nitrogens with one attached hydrogen (secondary N) is 1. The molecule has 0 rings (SSSR count). The van der Waals surface area contributed by atoms with Crippen LogP contribution < -0.4 is 5.32 Å². The van der Waals surface area contributed by atoms with Crippen molar-refractivity contribution in [2.75, 3.05) is 6.54 Å². The first-order valence-corrected chi connectivity index (χ1v) is 6.33. The van der Waals surface area contributed by atoms with Crippen molar-refractivity contribution in [3.05, 3.63) is 72.9 Å². The van der Waals surface area contributed by atoms with Crippen molar-refractivity contribution in [1.82, 2.24) is 5.32 Å². The number of rotatable bonds is 8. The van der Waals surface area contributed by atoms with E-state index in [2.05, 4.69) is 18.5 Å². The number of ketones is 1. The average molecular weight is 271 g/mol. The summed E-state index contributed by atoms with van der Waals surface area (Å²) in [5, 5.41) is 2.64. The maximum atomic E-state index is 11.8. The number of allylic oxidation sites excluding steroid dienone is 7. The quantitative estimate of drug-likeness (QED) is 0.419. The lowest BCUT2D eigenvalue weighted by molar-refractivity contribution is -0.117. The summed E-state index contributed by atoms with van der Waals surface area (Å²) < 4.78 is 0. The van der Waals surface area contributed by atoms with E-state index in [-0.39, 0.29) is 11.7 Å². The van der Waals surface area contributed by atoms with Gasteiger partial charge in [0.25, 0.3) is 5.91 Å². The molecule has 0 unspecified atom stereocenters. The molecule has 0 bridgehead atoms. The Labute approximate surface area is 120 Å². The molecule has 0 aliphatic carbocycles. The second-order valence-corrected chi connectivity index (χ2v) is 3.79. The molecule has 0 aromatic carbocycles. The fourth-order valence-corrected chi connectivity index (χ4v) is 1.34. The smallest absolute Gasteiger partial charge is 0.251 e. The van der Waals surface area contributed by atoms with Crippen molar-refractivity contribution in [3.63, 3.8) is 0 Å². The van der Waals surface area contributed by atoms with Crippen LogP contribution in [0.2, 0.25) is 0 Å². The normalized spacial score (nSPS) is 12.7. The van der Waals surface area contributed by atoms with Gasteiger partial charge in [0.1, 0.15) is 0 Å². The maximum absolute atomic E-state index is 11.8. The van der Waals surface area contributed by atoms with E-state index in [9.17, 15) is 9.59 Å². The third-order valence-electron chi connectivity index (χ3n) is 2.35. The van der Waals surface area contributed by atoms with Gasteiger partial charge in [0.15, 0.2) is 5.78 Å². The van der Waals surface area contributed by atoms with Gasteiger partial charge in [-0.25, -0.2) is 0 Å². The van der Waals surface area contributed by atoms with Gasteiger partial charge in [-0.2, -0.15) is 0 Å². The van der Waals surface area contributed by atoms with E-state index in [0.717, 1.165) is 0 Å². The SMILES string of the molecule is C=CCNC(=O)/C(C=C)=C/C=C/C(=O)C(/C=C\C)=C/C. The van der Waals surface area contributed by atoms with E-state index in [0.29, 0.717) is 17.7 Å². The van der Waals surface area contributed by atoms with Crippen molar-refractivity contribution in [2.24, 2.45) is 0 Å². The van der Waals surface area contributed by atoms with Crippen LogP contribution in [-0.4, -0.2) is 18.2 Å². The van der Waals surface area contributed by atoms with Gasteiger partial charge in [0, 0.05) is 17.7 Å². The molecule has 0 spiro atoms. The first-order valence-electron chi connectivity index (χ1n) is 6.33. The lowest BCUT2D eigenvalue weighted by Crippen LogP contribution is -2.24. The van der Waals surface area contributed by atoms with Crippen molar-refractivity contribution in [1.29, 1.82) is 0 Å². The minimum Gasteiger partial charge on any atom is -0.349 e. The average Bonchev–Trinajstić information content (AvgIpc) is 2.46. The molecule has 3 nitrogen and oxygen atoms in total. The maximum Gasteiger partial charge on any atom is 0.251 e. The highest BCUT2D eigenvalue weighted by atomic mass is 16.1. The molecule has 0 aromatic heterocycles. The fourth-order valence-electron chi connectivity index (χ4n) is 1.34. The molecular weight excluding hydrogens is 250 g/mol. The van der Waals surface area contributed by atoms with Crippen molar-refractivity contribution < 1.29 is 9.59 Å². The Hall–Kier alpha value is -2.42. The van der Waals surface area contributed by atoms with Crippen molar-refractivity contribution in [2.45, 2.75) is 13.8 Å². The lowest BCUT2D eigenvalue weighted by atomic mass is 10.1. The van der Waals surface area contributed by atoms with Gasteiger partial charge in [-0.1, -0.05) is 43.0 Å². The van der Waals surface area contributed by atoms with Gasteiger partial charge >= 0.3 is 0 Å². The second kappa shape index (κ2) is 10.5. The molecule has 0 aromatic rings. The third-order valence-corrected chi connectivity index (χ3v) is 2.35. The number of carbonyl (C=O) groups excluding carboxylic acids is 2. The van der Waals surface area contributed by atoms with Gasteiger partial charge in [0.2, 0.25) is 0 Å². The molecule has 0 radical (unpaired) electrons. The second-order valence-electron chi connectivity index (χ2n) is 3.79. The number of carbonyl (C=O) groups is 2. The van der Waals surface area contributed by atoms with Gasteiger partial charge in [-0.15, -0.1) is 6.58 Å². The molecule has 0 saturated carbocycles. The zero-order chi connectivity index (χ0) is 15.4. The molecule has 0 saturated heterocycles. The minimum absolute atomic E-state index is 0.114. The molecule has 0 aliphatic heterocycles. The number of hydrogen-bond acceptors (Lipinski definition) is 2. The Balaban J connectivity index is 4.84. The topological polar surface area (TPSA) is 46.2 Å². The van der Waals surface area contributed by atoms with Crippen LogP contribution in [0.3, 0.4) is 0 Å². The monoisotopic (exact) mass is 271 g/mol. The van der Waals surface area contributed by atoms with E-state index in [1.54, 1.807) is 43.4 Å². The summed E-state index contributed by atoms with van der Waals surface area (Å²) in [7, 11) is 0. The molecule has 20 heavy (non-hydrogen) atoms. The highest BCUT2D eigenvalue weighted by molar-refractivity contribution is 6.06. The van der Waals surface area contributed by atoms with Crippen LogP contribution in [0.5, 0.6) is 0 Å². The van der Waals surface area contributed by atoms with E-state index >= 15 is 0 Å². The number of hydrogen-bond donors (Lipinski definition) is 1. The predicted molar refractivity (Wildman–Crippen MR) is 84.2 cm³/mol. The molecule has 1 amide bonds. The van der Waals surface area contributed by atoms with Gasteiger partial charge < -0.3 is 5.32 Å². The molecule has 0 atom stereocenters. The number of amides is 1. The van der Waals surface area contributed by atoms with Gasteiger partial charge in [-0.3, -0.25) is 9.59 Å². The molecule has 0 aliphatic rings. The Kier molecular flexibility index (Phi) is 9.23. The van der Waals surface area contributed by atoms with Crippen LogP contribution in [0.1, 0.15) is 13.8 Å². The van der Waals surface area contributed by atoms with E-state index < -0.39 is 0 Å². The van der Waals surface area contributed by atoms with Crippen molar-refractivity contribution in [3.8, 4) is 0 Å². The Bertz CT molecular complexity index is 491. The third kappa shape index (κ3) is 6.50. The summed E-state index contributed by atoms with van der Waals surface area (Å²) in [6.07, 6.45) is 12.8.